The molecular formula is C19H24F3N3O2. The van der Waals surface area contributed by atoms with Crippen LogP contribution in [0.4, 0.5) is 13.2 Å². The van der Waals surface area contributed by atoms with E-state index < -0.39 is 6.36 Å². The smallest absolute Gasteiger partial charge is 0.406 e. The van der Waals surface area contributed by atoms with E-state index >= 15 is 0 Å². The first-order chi connectivity index (χ1) is 12.8. The van der Waals surface area contributed by atoms with Gasteiger partial charge in [-0.15, -0.1) is 13.2 Å². The average molecular weight is 383 g/mol. The van der Waals surface area contributed by atoms with E-state index in [0.29, 0.717) is 17.8 Å². The minimum Gasteiger partial charge on any atom is -0.406 e. The summed E-state index contributed by atoms with van der Waals surface area (Å²) in [5, 5.41) is 2.72. The number of carbonyl (C=O) groups excluding carboxylic acids is 1. The molecule has 5 nitrogen and oxygen atoms in total. The molecule has 0 spiro atoms. The van der Waals surface area contributed by atoms with Crippen LogP contribution in [0.3, 0.4) is 0 Å². The molecule has 0 aromatic heterocycles. The van der Waals surface area contributed by atoms with E-state index in [0.717, 1.165) is 31.5 Å². The van der Waals surface area contributed by atoms with E-state index in [9.17, 15) is 18.0 Å². The number of benzene rings is 1. The van der Waals surface area contributed by atoms with Gasteiger partial charge in [0.05, 0.1) is 6.42 Å². The number of ether oxygens (including phenoxy) is 1. The number of unbranched alkanes of at least 4 members (excludes halogenated alkanes) is 1. The second-order valence-corrected chi connectivity index (χ2v) is 6.39. The van der Waals surface area contributed by atoms with Crippen LogP contribution in [0.25, 0.3) is 0 Å². The average Bonchev–Trinajstić information content (AvgIpc) is 2.59. The fourth-order valence-electron chi connectivity index (χ4n) is 2.69. The van der Waals surface area contributed by atoms with Gasteiger partial charge in [-0.2, -0.15) is 0 Å². The zero-order valence-electron chi connectivity index (χ0n) is 15.5. The van der Waals surface area contributed by atoms with Gasteiger partial charge in [0.2, 0.25) is 5.91 Å². The molecule has 0 saturated carbocycles. The fourth-order valence-corrected chi connectivity index (χ4v) is 2.69. The predicted molar refractivity (Wildman–Crippen MR) is 97.3 cm³/mol. The molecule has 0 fully saturated rings. The Bertz CT molecular complexity index is 714. The Balaban J connectivity index is 1.90. The lowest BCUT2D eigenvalue weighted by Crippen LogP contribution is -2.33. The van der Waals surface area contributed by atoms with Gasteiger partial charge in [-0.3, -0.25) is 4.79 Å². The highest BCUT2D eigenvalue weighted by atomic mass is 19.4. The number of alkyl halides is 3. The van der Waals surface area contributed by atoms with E-state index in [1.165, 1.54) is 18.2 Å². The normalized spacial score (nSPS) is 14.3. The van der Waals surface area contributed by atoms with Gasteiger partial charge in [0.1, 0.15) is 11.6 Å². The maximum Gasteiger partial charge on any atom is 0.573 e. The molecule has 0 radical (unpaired) electrons. The molecule has 1 aliphatic rings. The third-order valence-corrected chi connectivity index (χ3v) is 4.11. The molecule has 1 aromatic rings. The molecule has 0 bridgehead atoms. The maximum atomic E-state index is 12.3. The van der Waals surface area contributed by atoms with Crippen LogP contribution in [-0.2, 0) is 11.2 Å². The number of allylic oxidation sites excluding steroid dienone is 1. The summed E-state index contributed by atoms with van der Waals surface area (Å²) in [5.74, 6) is -0.102. The summed E-state index contributed by atoms with van der Waals surface area (Å²) in [5.41, 5.74) is 1.56. The summed E-state index contributed by atoms with van der Waals surface area (Å²) in [6.45, 7) is 3.11. The highest BCUT2D eigenvalue weighted by Gasteiger charge is 2.31. The molecule has 0 atom stereocenters. The minimum atomic E-state index is -4.76. The summed E-state index contributed by atoms with van der Waals surface area (Å²) in [7, 11) is 2.02. The van der Waals surface area contributed by atoms with Crippen molar-refractivity contribution in [3.05, 3.63) is 41.7 Å². The number of hydrogen-bond acceptors (Lipinski definition) is 4. The molecule has 0 aliphatic carbocycles. The number of halogens is 3. The maximum absolute atomic E-state index is 12.3. The zero-order valence-corrected chi connectivity index (χ0v) is 15.5. The Labute approximate surface area is 156 Å². The topological polar surface area (TPSA) is 53.9 Å². The Morgan fingerprint density at radius 2 is 2.11 bits per heavy atom. The van der Waals surface area contributed by atoms with Crippen LogP contribution in [0.2, 0.25) is 0 Å². The van der Waals surface area contributed by atoms with Crippen molar-refractivity contribution in [2.24, 2.45) is 4.99 Å². The number of nitrogens with zero attached hydrogens (tertiary/aromatic N) is 2. The Kier molecular flexibility index (Phi) is 7.27. The molecule has 0 unspecified atom stereocenters. The van der Waals surface area contributed by atoms with Crippen LogP contribution in [0, 0.1) is 0 Å². The first-order valence-electron chi connectivity index (χ1n) is 8.88. The second kappa shape index (κ2) is 9.43. The lowest BCUT2D eigenvalue weighted by atomic mass is 10.1. The van der Waals surface area contributed by atoms with Gasteiger partial charge in [0.15, 0.2) is 0 Å². The number of amides is 1. The van der Waals surface area contributed by atoms with Crippen LogP contribution < -0.4 is 10.1 Å². The first kappa shape index (κ1) is 20.8. The van der Waals surface area contributed by atoms with Gasteiger partial charge in [-0.25, -0.2) is 4.99 Å². The number of hydrogen-bond donors (Lipinski definition) is 1. The van der Waals surface area contributed by atoms with Crippen molar-refractivity contribution in [3.63, 3.8) is 0 Å². The SMILES string of the molecule is CCCCN(C)C1=CN=C(NC(=O)Cc2cccc(OC(F)(F)F)c2)CC1. The summed E-state index contributed by atoms with van der Waals surface area (Å²) in [4.78, 5) is 18.6. The number of rotatable bonds is 7. The Morgan fingerprint density at radius 3 is 2.74 bits per heavy atom. The Morgan fingerprint density at radius 1 is 1.33 bits per heavy atom. The van der Waals surface area contributed by atoms with Crippen molar-refractivity contribution in [1.29, 1.82) is 0 Å². The van der Waals surface area contributed by atoms with Crippen LogP contribution in [-0.4, -0.2) is 36.6 Å². The van der Waals surface area contributed by atoms with Crippen LogP contribution in [0.1, 0.15) is 38.2 Å². The van der Waals surface area contributed by atoms with E-state index in [1.807, 2.05) is 7.05 Å². The van der Waals surface area contributed by atoms with Crippen LogP contribution in [0.15, 0.2) is 41.2 Å². The number of carbonyl (C=O) groups is 1. The summed E-state index contributed by atoms with van der Waals surface area (Å²) < 4.78 is 40.7. The van der Waals surface area contributed by atoms with Gasteiger partial charge in [-0.1, -0.05) is 25.5 Å². The van der Waals surface area contributed by atoms with Gasteiger partial charge < -0.3 is 15.0 Å². The Hall–Kier alpha value is -2.51. The van der Waals surface area contributed by atoms with Crippen molar-refractivity contribution in [2.45, 2.75) is 45.4 Å². The first-order valence-corrected chi connectivity index (χ1v) is 8.88. The number of amidine groups is 1. The quantitative estimate of drug-likeness (QED) is 0.774. The van der Waals surface area contributed by atoms with Gasteiger partial charge in [0, 0.05) is 31.9 Å². The molecule has 1 aliphatic heterocycles. The standard InChI is InChI=1S/C19H24F3N3O2/c1-3-4-10-25(2)15-8-9-17(23-13-15)24-18(26)12-14-6-5-7-16(11-14)27-19(20,21)22/h5-7,11,13H,3-4,8-10,12H2,1-2H3,(H,23,24,26). The molecule has 1 amide bonds. The van der Waals surface area contributed by atoms with Gasteiger partial charge in [-0.05, 0) is 30.5 Å². The highest BCUT2D eigenvalue weighted by Crippen LogP contribution is 2.23. The molecule has 0 saturated heterocycles. The molecule has 27 heavy (non-hydrogen) atoms. The molecule has 2 rings (SSSR count). The lowest BCUT2D eigenvalue weighted by Gasteiger charge is -2.24. The van der Waals surface area contributed by atoms with E-state index in [-0.39, 0.29) is 18.1 Å². The van der Waals surface area contributed by atoms with Gasteiger partial charge in [0.25, 0.3) is 0 Å². The van der Waals surface area contributed by atoms with E-state index in [1.54, 1.807) is 12.3 Å². The summed E-state index contributed by atoms with van der Waals surface area (Å²) >= 11 is 0. The third-order valence-electron chi connectivity index (χ3n) is 4.11. The van der Waals surface area contributed by atoms with Crippen molar-refractivity contribution >= 4 is 11.7 Å². The van der Waals surface area contributed by atoms with E-state index in [2.05, 4.69) is 26.9 Å². The van der Waals surface area contributed by atoms with Crippen LogP contribution >= 0.6 is 0 Å². The zero-order chi connectivity index (χ0) is 19.9. The monoisotopic (exact) mass is 383 g/mol. The largest absolute Gasteiger partial charge is 0.573 e. The lowest BCUT2D eigenvalue weighted by molar-refractivity contribution is -0.274. The van der Waals surface area contributed by atoms with Crippen molar-refractivity contribution < 1.29 is 22.7 Å². The second-order valence-electron chi connectivity index (χ2n) is 6.39. The molecule has 148 valence electrons. The minimum absolute atomic E-state index is 0.0545. The molecule has 1 heterocycles. The summed E-state index contributed by atoms with van der Waals surface area (Å²) in [6, 6.07) is 5.40. The van der Waals surface area contributed by atoms with Crippen LogP contribution in [0.5, 0.6) is 5.75 Å². The molecule has 1 aromatic carbocycles. The van der Waals surface area contributed by atoms with Crippen molar-refractivity contribution in [1.82, 2.24) is 10.2 Å². The molecular weight excluding hydrogens is 359 g/mol. The molecule has 8 heteroatoms. The summed E-state index contributed by atoms with van der Waals surface area (Å²) in [6.07, 6.45) is 0.578. The van der Waals surface area contributed by atoms with Gasteiger partial charge >= 0.3 is 6.36 Å². The third kappa shape index (κ3) is 7.32. The van der Waals surface area contributed by atoms with Crippen molar-refractivity contribution in [2.75, 3.05) is 13.6 Å². The van der Waals surface area contributed by atoms with E-state index in [4.69, 9.17) is 0 Å². The number of aliphatic imine (C=N–C) groups is 1. The molecule has 1 N–H and O–H groups in total. The highest BCUT2D eigenvalue weighted by molar-refractivity contribution is 5.99. The fraction of sp³-hybridized carbons (Fsp3) is 0.474. The predicted octanol–water partition coefficient (Wildman–Crippen LogP) is 4.01. The van der Waals surface area contributed by atoms with Crippen molar-refractivity contribution in [3.8, 4) is 5.75 Å². The number of nitrogens with one attached hydrogen (secondary N) is 1.